The number of nitrogens with one attached hydrogen (secondary N) is 1. The first-order chi connectivity index (χ1) is 10.0. The second-order valence-corrected chi connectivity index (χ2v) is 5.09. The Bertz CT molecular complexity index is 697. The van der Waals surface area contributed by atoms with Crippen molar-refractivity contribution < 1.29 is 19.1 Å². The van der Waals surface area contributed by atoms with Crippen LogP contribution >= 0.6 is 11.3 Å². The number of carbonyl (C=O) groups is 2. The predicted molar refractivity (Wildman–Crippen MR) is 76.4 cm³/mol. The van der Waals surface area contributed by atoms with Gasteiger partial charge in [-0.15, -0.1) is 11.3 Å². The van der Waals surface area contributed by atoms with Crippen molar-refractivity contribution in [3.63, 3.8) is 0 Å². The van der Waals surface area contributed by atoms with Gasteiger partial charge in [0.05, 0.1) is 18.3 Å². The highest BCUT2D eigenvalue weighted by Gasteiger charge is 2.07. The van der Waals surface area contributed by atoms with Crippen LogP contribution in [0, 0.1) is 5.82 Å². The standard InChI is InChI=1S/C14H11FN2O3S/c15-11-4-10(5-16-6-11)14(20)17-7-12-3-9(8-21-12)1-2-13(18)19/h1-6,8H,7H2,(H,17,20)(H,18,19)/b2-1+. The third-order valence-corrected chi connectivity index (χ3v) is 3.44. The number of thiophene rings is 1. The average molecular weight is 306 g/mol. The molecule has 0 fully saturated rings. The summed E-state index contributed by atoms with van der Waals surface area (Å²) in [6.07, 6.45) is 4.83. The number of hydrogen-bond acceptors (Lipinski definition) is 4. The second kappa shape index (κ2) is 6.76. The summed E-state index contributed by atoms with van der Waals surface area (Å²) in [6.45, 7) is 0.279. The number of amides is 1. The van der Waals surface area contributed by atoms with E-state index in [-0.39, 0.29) is 12.1 Å². The van der Waals surface area contributed by atoms with E-state index in [0.29, 0.717) is 0 Å². The van der Waals surface area contributed by atoms with Crippen molar-refractivity contribution in [3.05, 3.63) is 57.8 Å². The molecule has 108 valence electrons. The molecule has 7 heteroatoms. The molecular formula is C14H11FN2O3S. The van der Waals surface area contributed by atoms with Crippen molar-refractivity contribution in [1.82, 2.24) is 10.3 Å². The topological polar surface area (TPSA) is 79.3 Å². The SMILES string of the molecule is O=C(O)/C=C/c1csc(CNC(=O)c2cncc(F)c2)c1. The zero-order valence-corrected chi connectivity index (χ0v) is 11.6. The molecule has 0 aromatic carbocycles. The molecule has 0 bridgehead atoms. The normalized spacial score (nSPS) is 10.7. The van der Waals surface area contributed by atoms with Crippen LogP contribution in [0.15, 0.2) is 36.0 Å². The molecule has 0 unspecified atom stereocenters. The summed E-state index contributed by atoms with van der Waals surface area (Å²) in [4.78, 5) is 26.7. The number of aromatic nitrogens is 1. The summed E-state index contributed by atoms with van der Waals surface area (Å²) in [7, 11) is 0. The van der Waals surface area contributed by atoms with E-state index in [1.165, 1.54) is 23.6 Å². The molecule has 21 heavy (non-hydrogen) atoms. The molecule has 0 aliphatic heterocycles. The Morgan fingerprint density at radius 2 is 2.19 bits per heavy atom. The van der Waals surface area contributed by atoms with Gasteiger partial charge in [-0.2, -0.15) is 0 Å². The fourth-order valence-corrected chi connectivity index (χ4v) is 2.34. The highest BCUT2D eigenvalue weighted by atomic mass is 32.1. The molecule has 2 rings (SSSR count). The average Bonchev–Trinajstić information content (AvgIpc) is 2.90. The first-order valence-corrected chi connectivity index (χ1v) is 6.80. The lowest BCUT2D eigenvalue weighted by Crippen LogP contribution is -2.22. The van der Waals surface area contributed by atoms with E-state index < -0.39 is 17.7 Å². The zero-order chi connectivity index (χ0) is 15.2. The summed E-state index contributed by atoms with van der Waals surface area (Å²) in [6, 6.07) is 2.88. The third-order valence-electron chi connectivity index (χ3n) is 2.48. The van der Waals surface area contributed by atoms with Gasteiger partial charge in [0, 0.05) is 17.2 Å². The summed E-state index contributed by atoms with van der Waals surface area (Å²) in [5.74, 6) is -2.01. The van der Waals surface area contributed by atoms with Crippen molar-refractivity contribution >= 4 is 29.3 Å². The third kappa shape index (κ3) is 4.50. The van der Waals surface area contributed by atoms with E-state index in [9.17, 15) is 14.0 Å². The maximum absolute atomic E-state index is 12.9. The van der Waals surface area contributed by atoms with Gasteiger partial charge in [-0.1, -0.05) is 0 Å². The number of rotatable bonds is 5. The van der Waals surface area contributed by atoms with Gasteiger partial charge >= 0.3 is 5.97 Å². The molecule has 2 heterocycles. The first kappa shape index (κ1) is 14.9. The van der Waals surface area contributed by atoms with Crippen LogP contribution in [-0.2, 0) is 11.3 Å². The largest absolute Gasteiger partial charge is 0.478 e. The highest BCUT2D eigenvalue weighted by Crippen LogP contribution is 2.16. The van der Waals surface area contributed by atoms with Gasteiger partial charge in [0.2, 0.25) is 0 Å². The van der Waals surface area contributed by atoms with Gasteiger partial charge in [0.15, 0.2) is 0 Å². The van der Waals surface area contributed by atoms with Gasteiger partial charge < -0.3 is 10.4 Å². The lowest BCUT2D eigenvalue weighted by Gasteiger charge is -2.03. The number of aliphatic carboxylic acids is 1. The molecule has 2 N–H and O–H groups in total. The summed E-state index contributed by atoms with van der Waals surface area (Å²) in [5, 5.41) is 13.0. The lowest BCUT2D eigenvalue weighted by molar-refractivity contribution is -0.131. The van der Waals surface area contributed by atoms with Gasteiger partial charge in [-0.3, -0.25) is 9.78 Å². The van der Waals surface area contributed by atoms with E-state index in [1.807, 2.05) is 0 Å². The minimum absolute atomic E-state index is 0.151. The molecule has 0 aliphatic carbocycles. The van der Waals surface area contributed by atoms with Crippen LogP contribution < -0.4 is 5.32 Å². The van der Waals surface area contributed by atoms with Crippen LogP contribution in [0.1, 0.15) is 20.8 Å². The van der Waals surface area contributed by atoms with Crippen molar-refractivity contribution in [2.24, 2.45) is 0 Å². The van der Waals surface area contributed by atoms with Gasteiger partial charge in [0.1, 0.15) is 5.82 Å². The minimum Gasteiger partial charge on any atom is -0.478 e. The Kier molecular flexibility index (Phi) is 4.78. The van der Waals surface area contributed by atoms with E-state index >= 15 is 0 Å². The van der Waals surface area contributed by atoms with Crippen molar-refractivity contribution in [3.8, 4) is 0 Å². The predicted octanol–water partition coefficient (Wildman–Crippen LogP) is 2.31. The van der Waals surface area contributed by atoms with Gasteiger partial charge in [0.25, 0.3) is 5.91 Å². The number of carboxylic acid groups (broad SMARTS) is 1. The summed E-state index contributed by atoms with van der Waals surface area (Å²) < 4.78 is 12.9. The number of pyridine rings is 1. The number of halogens is 1. The minimum atomic E-state index is -1.02. The van der Waals surface area contributed by atoms with E-state index in [4.69, 9.17) is 5.11 Å². The monoisotopic (exact) mass is 306 g/mol. The maximum Gasteiger partial charge on any atom is 0.328 e. The van der Waals surface area contributed by atoms with Crippen LogP contribution in [0.2, 0.25) is 0 Å². The Hall–Kier alpha value is -2.54. The molecule has 0 atom stereocenters. The molecule has 2 aromatic heterocycles. The molecule has 2 aromatic rings. The first-order valence-electron chi connectivity index (χ1n) is 5.92. The van der Waals surface area contributed by atoms with Crippen LogP contribution in [0.5, 0.6) is 0 Å². The number of carbonyl (C=O) groups excluding carboxylic acids is 1. The van der Waals surface area contributed by atoms with Crippen LogP contribution in [-0.4, -0.2) is 22.0 Å². The fourth-order valence-electron chi connectivity index (χ4n) is 1.55. The number of carboxylic acids is 1. The number of nitrogens with zero attached hydrogens (tertiary/aromatic N) is 1. The fraction of sp³-hybridized carbons (Fsp3) is 0.0714. The Morgan fingerprint density at radius 3 is 2.90 bits per heavy atom. The molecule has 0 aliphatic rings. The molecule has 0 radical (unpaired) electrons. The Labute approximate surface area is 123 Å². The van der Waals surface area contributed by atoms with Crippen molar-refractivity contribution in [2.45, 2.75) is 6.54 Å². The van der Waals surface area contributed by atoms with E-state index in [2.05, 4.69) is 10.3 Å². The maximum atomic E-state index is 12.9. The smallest absolute Gasteiger partial charge is 0.328 e. The van der Waals surface area contributed by atoms with Crippen LogP contribution in [0.4, 0.5) is 4.39 Å². The molecule has 0 spiro atoms. The molecule has 0 saturated heterocycles. The van der Waals surface area contributed by atoms with Crippen molar-refractivity contribution in [1.29, 1.82) is 0 Å². The van der Waals surface area contributed by atoms with Crippen molar-refractivity contribution in [2.75, 3.05) is 0 Å². The highest BCUT2D eigenvalue weighted by molar-refractivity contribution is 7.10. The molecule has 1 amide bonds. The lowest BCUT2D eigenvalue weighted by atomic mass is 10.2. The van der Waals surface area contributed by atoms with Crippen LogP contribution in [0.25, 0.3) is 6.08 Å². The van der Waals surface area contributed by atoms with E-state index in [1.54, 1.807) is 11.4 Å². The zero-order valence-electron chi connectivity index (χ0n) is 10.7. The molecule has 5 nitrogen and oxygen atoms in total. The van der Waals surface area contributed by atoms with Gasteiger partial charge in [-0.25, -0.2) is 9.18 Å². The second-order valence-electron chi connectivity index (χ2n) is 4.09. The molecular weight excluding hydrogens is 295 g/mol. The molecule has 0 saturated carbocycles. The summed E-state index contributed by atoms with van der Waals surface area (Å²) in [5.41, 5.74) is 0.900. The Morgan fingerprint density at radius 1 is 1.38 bits per heavy atom. The van der Waals surface area contributed by atoms with E-state index in [0.717, 1.165) is 28.8 Å². The van der Waals surface area contributed by atoms with Gasteiger partial charge in [-0.05, 0) is 29.2 Å². The summed E-state index contributed by atoms with van der Waals surface area (Å²) >= 11 is 1.39. The van der Waals surface area contributed by atoms with Crippen LogP contribution in [0.3, 0.4) is 0 Å². The number of hydrogen-bond donors (Lipinski definition) is 2. The quantitative estimate of drug-likeness (QED) is 0.831. The Balaban J connectivity index is 1.94.